The first kappa shape index (κ1) is 36.4. The van der Waals surface area contributed by atoms with Gasteiger partial charge in [0.05, 0.1) is 6.26 Å². The molecule has 0 rings (SSSR count). The van der Waals surface area contributed by atoms with Gasteiger partial charge in [-0.25, -0.2) is 0 Å². The van der Waals surface area contributed by atoms with Crippen molar-refractivity contribution in [2.45, 2.75) is 174 Å². The van der Waals surface area contributed by atoms with Crippen molar-refractivity contribution in [2.24, 2.45) is 0 Å². The summed E-state index contributed by atoms with van der Waals surface area (Å²) >= 11 is 0. The van der Waals surface area contributed by atoms with Crippen LogP contribution in [0.5, 0.6) is 0 Å². The molecular weight excluding hydrogens is 460 g/mol. The van der Waals surface area contributed by atoms with E-state index in [0.29, 0.717) is 6.79 Å². The minimum absolute atomic E-state index is 0.0149. The molecule has 0 aromatic carbocycles. The van der Waals surface area contributed by atoms with Crippen LogP contribution in [0.15, 0.2) is 12.3 Å². The van der Waals surface area contributed by atoms with Crippen molar-refractivity contribution >= 4 is 0 Å². The van der Waals surface area contributed by atoms with E-state index in [2.05, 4.69) is 19.9 Å². The predicted molar refractivity (Wildman–Crippen MR) is 160 cm³/mol. The fourth-order valence-corrected chi connectivity index (χ4v) is 4.64. The number of ether oxygens (including phenoxy) is 4. The van der Waals surface area contributed by atoms with Gasteiger partial charge in [0.15, 0.2) is 13.1 Å². The van der Waals surface area contributed by atoms with Crippen LogP contribution < -0.4 is 0 Å². The van der Waals surface area contributed by atoms with E-state index in [4.69, 9.17) is 18.9 Å². The number of hydrogen-bond acceptors (Lipinski definition) is 4. The molecule has 0 aliphatic rings. The summed E-state index contributed by atoms with van der Waals surface area (Å²) < 4.78 is 22.4. The predicted octanol–water partition coefficient (Wildman–Crippen LogP) is 10.9. The molecule has 0 N–H and O–H groups in total. The van der Waals surface area contributed by atoms with Crippen LogP contribution in [0.25, 0.3) is 0 Å². The molecule has 0 heterocycles. The third-order valence-corrected chi connectivity index (χ3v) is 7.04. The summed E-state index contributed by atoms with van der Waals surface area (Å²) in [5.74, 6) is 0. The molecule has 0 saturated heterocycles. The van der Waals surface area contributed by atoms with E-state index in [1.807, 2.05) is 0 Å². The average Bonchev–Trinajstić information content (AvgIpc) is 2.91. The Morgan fingerprint density at radius 2 is 0.946 bits per heavy atom. The Kier molecular flexibility index (Phi) is 32.9. The Bertz CT molecular complexity index is 407. The summed E-state index contributed by atoms with van der Waals surface area (Å²) in [6.07, 6.45) is 35.2. The molecule has 222 valence electrons. The smallest absolute Gasteiger partial charge is 0.187 e. The van der Waals surface area contributed by atoms with Crippen LogP contribution in [0, 0.1) is 0 Å². The molecule has 0 amide bonds. The number of unbranched alkanes of at least 4 members (excludes halogenated alkanes) is 20. The maximum absolute atomic E-state index is 6.20. The van der Waals surface area contributed by atoms with Gasteiger partial charge in [0.1, 0.15) is 0 Å². The van der Waals surface area contributed by atoms with Crippen molar-refractivity contribution < 1.29 is 18.9 Å². The lowest BCUT2D eigenvalue weighted by atomic mass is 10.1. The highest BCUT2D eigenvalue weighted by atomic mass is 16.7. The first-order valence-corrected chi connectivity index (χ1v) is 16.3. The molecule has 0 saturated carbocycles. The van der Waals surface area contributed by atoms with E-state index in [0.717, 1.165) is 26.1 Å². The SMILES string of the molecule is CCCCCCCCCOC(CCCCCCCCCCC=COCOC)OCCCCCCCCC. The lowest BCUT2D eigenvalue weighted by Crippen LogP contribution is -2.19. The van der Waals surface area contributed by atoms with Crippen molar-refractivity contribution in [3.05, 3.63) is 12.3 Å². The summed E-state index contributed by atoms with van der Waals surface area (Å²) in [4.78, 5) is 0. The van der Waals surface area contributed by atoms with E-state index in [1.54, 1.807) is 13.4 Å². The Balaban J connectivity index is 3.82. The first-order chi connectivity index (χ1) is 18.3. The highest BCUT2D eigenvalue weighted by Gasteiger charge is 2.09. The molecule has 0 atom stereocenters. The Hall–Kier alpha value is -0.580. The quantitative estimate of drug-likeness (QED) is 0.0496. The zero-order chi connectivity index (χ0) is 26.9. The highest BCUT2D eigenvalue weighted by molar-refractivity contribution is 4.72. The standard InChI is InChI=1S/C33H66O4/c1-4-6-8-10-17-22-26-30-36-33(37-31-27-23-18-11-9-7-5-2)28-24-20-16-14-12-13-15-19-21-25-29-35-32-34-3/h25,29,33H,4-24,26-28,30-32H2,1-3H3. The maximum Gasteiger partial charge on any atom is 0.187 e. The van der Waals surface area contributed by atoms with E-state index >= 15 is 0 Å². The summed E-state index contributed by atoms with van der Waals surface area (Å²) in [7, 11) is 1.64. The van der Waals surface area contributed by atoms with E-state index in [9.17, 15) is 0 Å². The van der Waals surface area contributed by atoms with Crippen molar-refractivity contribution in [1.82, 2.24) is 0 Å². The third kappa shape index (κ3) is 31.5. The zero-order valence-corrected chi connectivity index (χ0v) is 25.5. The van der Waals surface area contributed by atoms with Gasteiger partial charge in [-0.05, 0) is 44.6 Å². The second-order valence-corrected chi connectivity index (χ2v) is 10.8. The molecule has 0 bridgehead atoms. The minimum Gasteiger partial charge on any atom is -0.476 e. The monoisotopic (exact) mass is 526 g/mol. The molecule has 0 aliphatic carbocycles. The molecule has 0 radical (unpaired) electrons. The van der Waals surface area contributed by atoms with E-state index in [1.165, 1.54) is 141 Å². The molecule has 0 unspecified atom stereocenters. The van der Waals surface area contributed by atoms with Gasteiger partial charge in [0.2, 0.25) is 0 Å². The van der Waals surface area contributed by atoms with Gasteiger partial charge in [-0.15, -0.1) is 0 Å². The topological polar surface area (TPSA) is 36.9 Å². The van der Waals surface area contributed by atoms with Crippen molar-refractivity contribution in [3.8, 4) is 0 Å². The average molecular weight is 527 g/mol. The van der Waals surface area contributed by atoms with Crippen LogP contribution >= 0.6 is 0 Å². The number of methoxy groups -OCH3 is 1. The molecule has 4 nitrogen and oxygen atoms in total. The largest absolute Gasteiger partial charge is 0.476 e. The molecular formula is C33H66O4. The van der Waals surface area contributed by atoms with Gasteiger partial charge in [0, 0.05) is 20.3 Å². The van der Waals surface area contributed by atoms with E-state index < -0.39 is 0 Å². The van der Waals surface area contributed by atoms with Gasteiger partial charge < -0.3 is 18.9 Å². The van der Waals surface area contributed by atoms with Gasteiger partial charge in [0.25, 0.3) is 0 Å². The number of hydrogen-bond donors (Lipinski definition) is 0. The molecule has 0 aromatic rings. The van der Waals surface area contributed by atoms with Crippen molar-refractivity contribution in [1.29, 1.82) is 0 Å². The molecule has 0 fully saturated rings. The van der Waals surface area contributed by atoms with Crippen molar-refractivity contribution in [2.75, 3.05) is 27.1 Å². The fourth-order valence-electron chi connectivity index (χ4n) is 4.64. The van der Waals surface area contributed by atoms with Crippen LogP contribution in [-0.2, 0) is 18.9 Å². The van der Waals surface area contributed by atoms with Crippen LogP contribution in [0.1, 0.15) is 168 Å². The Morgan fingerprint density at radius 3 is 1.43 bits per heavy atom. The van der Waals surface area contributed by atoms with Crippen LogP contribution in [0.2, 0.25) is 0 Å². The zero-order valence-electron chi connectivity index (χ0n) is 25.5. The summed E-state index contributed by atoms with van der Waals surface area (Å²) in [5.41, 5.74) is 0. The van der Waals surface area contributed by atoms with Crippen LogP contribution in [-0.4, -0.2) is 33.4 Å². The normalized spacial score (nSPS) is 11.8. The maximum atomic E-state index is 6.20. The lowest BCUT2D eigenvalue weighted by Gasteiger charge is -2.19. The lowest BCUT2D eigenvalue weighted by molar-refractivity contribution is -0.148. The molecule has 0 aliphatic heterocycles. The molecule has 0 spiro atoms. The van der Waals surface area contributed by atoms with Gasteiger partial charge in [-0.1, -0.05) is 129 Å². The molecule has 37 heavy (non-hydrogen) atoms. The molecule has 4 heteroatoms. The molecule has 0 aromatic heterocycles. The van der Waals surface area contributed by atoms with Gasteiger partial charge >= 0.3 is 0 Å². The van der Waals surface area contributed by atoms with Crippen LogP contribution in [0.4, 0.5) is 0 Å². The second-order valence-electron chi connectivity index (χ2n) is 10.8. The van der Waals surface area contributed by atoms with Gasteiger partial charge in [-0.3, -0.25) is 0 Å². The highest BCUT2D eigenvalue weighted by Crippen LogP contribution is 2.15. The third-order valence-electron chi connectivity index (χ3n) is 7.04. The van der Waals surface area contributed by atoms with Crippen LogP contribution in [0.3, 0.4) is 0 Å². The Morgan fingerprint density at radius 1 is 0.514 bits per heavy atom. The Labute approximate surface area is 232 Å². The van der Waals surface area contributed by atoms with Crippen molar-refractivity contribution in [3.63, 3.8) is 0 Å². The summed E-state index contributed by atoms with van der Waals surface area (Å²) in [6.45, 7) is 6.63. The fraction of sp³-hybridized carbons (Fsp3) is 0.939. The number of rotatable bonds is 32. The van der Waals surface area contributed by atoms with Gasteiger partial charge in [-0.2, -0.15) is 0 Å². The summed E-state index contributed by atoms with van der Waals surface area (Å²) in [6, 6.07) is 0. The minimum atomic E-state index is 0.0149. The summed E-state index contributed by atoms with van der Waals surface area (Å²) in [5, 5.41) is 0. The first-order valence-electron chi connectivity index (χ1n) is 16.3. The van der Waals surface area contributed by atoms with E-state index in [-0.39, 0.29) is 6.29 Å². The number of allylic oxidation sites excluding steroid dienone is 1. The second kappa shape index (κ2) is 33.4.